The normalized spacial score (nSPS) is 15.7. The number of esters is 1. The van der Waals surface area contributed by atoms with Gasteiger partial charge in [-0.15, -0.1) is 0 Å². The lowest BCUT2D eigenvalue weighted by Gasteiger charge is -2.38. The van der Waals surface area contributed by atoms with Gasteiger partial charge >= 0.3 is 5.97 Å². The molecule has 0 aromatic heterocycles. The van der Waals surface area contributed by atoms with E-state index >= 15 is 0 Å². The number of halogens is 3. The Hall–Kier alpha value is -2.05. The molecule has 0 aliphatic carbocycles. The fourth-order valence-corrected chi connectivity index (χ4v) is 3.32. The van der Waals surface area contributed by atoms with Gasteiger partial charge in [-0.1, -0.05) is 20.8 Å². The van der Waals surface area contributed by atoms with Gasteiger partial charge in [-0.25, -0.2) is 8.78 Å². The number of rotatable bonds is 4. The molecule has 4 nitrogen and oxygen atoms in total. The van der Waals surface area contributed by atoms with Crippen molar-refractivity contribution in [3.05, 3.63) is 29.1 Å². The quantitative estimate of drug-likeness (QED) is 0.439. The zero-order valence-corrected chi connectivity index (χ0v) is 16.2. The smallest absolute Gasteiger partial charge is 0.311 e. The number of carbonyl (C=O) groups excluding carboxylic acids is 2. The Balaban J connectivity index is 1.87. The minimum atomic E-state index is -1.55. The number of piperidine rings is 1. The number of carbonyl (C=O) groups is 2. The molecule has 0 spiro atoms. The Morgan fingerprint density at radius 2 is 1.70 bits per heavy atom. The second kappa shape index (κ2) is 8.31. The fourth-order valence-electron chi connectivity index (χ4n) is 3.32. The summed E-state index contributed by atoms with van der Waals surface area (Å²) in [6.07, 6.45) is 1.36. The summed E-state index contributed by atoms with van der Waals surface area (Å²) < 4.78 is 45.5. The Morgan fingerprint density at radius 1 is 1.11 bits per heavy atom. The maximum absolute atomic E-state index is 13.9. The van der Waals surface area contributed by atoms with Crippen LogP contribution in [0.2, 0.25) is 0 Å². The molecule has 1 aliphatic heterocycles. The molecule has 0 N–H and O–H groups in total. The zero-order valence-electron chi connectivity index (χ0n) is 16.2. The molecular weight excluding hydrogens is 359 g/mol. The maximum Gasteiger partial charge on any atom is 0.311 e. The van der Waals surface area contributed by atoms with E-state index in [1.807, 2.05) is 0 Å². The minimum Gasteiger partial charge on any atom is -0.420 e. The van der Waals surface area contributed by atoms with E-state index in [4.69, 9.17) is 0 Å². The van der Waals surface area contributed by atoms with Gasteiger partial charge in [0, 0.05) is 19.5 Å². The molecule has 1 aromatic carbocycles. The lowest BCUT2D eigenvalue weighted by atomic mass is 9.75. The van der Waals surface area contributed by atoms with Crippen LogP contribution in [0.5, 0.6) is 5.75 Å². The molecule has 7 heteroatoms. The van der Waals surface area contributed by atoms with E-state index < -0.39 is 29.2 Å². The molecule has 1 saturated heterocycles. The van der Waals surface area contributed by atoms with Crippen LogP contribution in [0.4, 0.5) is 13.2 Å². The van der Waals surface area contributed by atoms with Crippen LogP contribution in [0.1, 0.15) is 52.0 Å². The summed E-state index contributed by atoms with van der Waals surface area (Å²) in [5.41, 5.74) is 0.0189. The van der Waals surface area contributed by atoms with Crippen molar-refractivity contribution >= 4 is 11.9 Å². The molecule has 0 atom stereocenters. The number of nitrogens with zero attached hydrogens (tertiary/aromatic N) is 1. The van der Waals surface area contributed by atoms with Crippen molar-refractivity contribution in [3.8, 4) is 5.75 Å². The van der Waals surface area contributed by atoms with Crippen molar-refractivity contribution in [1.82, 2.24) is 4.90 Å². The van der Waals surface area contributed by atoms with Crippen LogP contribution in [-0.4, -0.2) is 29.9 Å². The molecule has 0 bridgehead atoms. The summed E-state index contributed by atoms with van der Waals surface area (Å²) in [6, 6.07) is 0.687. The summed E-state index contributed by atoms with van der Waals surface area (Å²) in [5.74, 6) is -5.68. The summed E-state index contributed by atoms with van der Waals surface area (Å²) in [4.78, 5) is 25.8. The third kappa shape index (κ3) is 5.23. The molecule has 27 heavy (non-hydrogen) atoms. The van der Waals surface area contributed by atoms with E-state index in [-0.39, 0.29) is 29.7 Å². The first-order chi connectivity index (χ1) is 12.5. The van der Waals surface area contributed by atoms with Crippen LogP contribution < -0.4 is 4.74 Å². The maximum atomic E-state index is 13.9. The molecule has 0 saturated carbocycles. The fraction of sp³-hybridized carbons (Fsp3) is 0.600. The van der Waals surface area contributed by atoms with Crippen molar-refractivity contribution in [2.24, 2.45) is 11.3 Å². The van der Waals surface area contributed by atoms with Crippen LogP contribution in [0.15, 0.2) is 6.07 Å². The predicted molar refractivity (Wildman–Crippen MR) is 94.7 cm³/mol. The molecular formula is C20H26F3NO3. The van der Waals surface area contributed by atoms with Crippen LogP contribution in [0.25, 0.3) is 0 Å². The number of ether oxygens (including phenoxy) is 1. The van der Waals surface area contributed by atoms with E-state index in [2.05, 4.69) is 25.5 Å². The molecule has 1 heterocycles. The Kier molecular flexibility index (Phi) is 6.54. The van der Waals surface area contributed by atoms with Crippen LogP contribution in [0.3, 0.4) is 0 Å². The van der Waals surface area contributed by atoms with Gasteiger partial charge in [0.05, 0.1) is 6.42 Å². The first-order valence-corrected chi connectivity index (χ1v) is 9.13. The average Bonchev–Trinajstić information content (AvgIpc) is 2.61. The first-order valence-electron chi connectivity index (χ1n) is 9.13. The van der Waals surface area contributed by atoms with Crippen molar-refractivity contribution in [3.63, 3.8) is 0 Å². The van der Waals surface area contributed by atoms with E-state index in [1.54, 1.807) is 4.90 Å². The van der Waals surface area contributed by atoms with Crippen LogP contribution >= 0.6 is 0 Å². The number of amides is 1. The second-order valence-corrected chi connectivity index (χ2v) is 8.13. The molecule has 150 valence electrons. The van der Waals surface area contributed by atoms with Crippen LogP contribution in [0, 0.1) is 35.7 Å². The third-order valence-corrected chi connectivity index (χ3v) is 5.13. The zero-order chi connectivity index (χ0) is 20.4. The molecule has 2 rings (SSSR count). The number of hydrogen-bond donors (Lipinski definition) is 0. The van der Waals surface area contributed by atoms with Gasteiger partial charge < -0.3 is 9.64 Å². The third-order valence-electron chi connectivity index (χ3n) is 5.13. The lowest BCUT2D eigenvalue weighted by molar-refractivity contribution is -0.140. The summed E-state index contributed by atoms with van der Waals surface area (Å²) in [5, 5.41) is 0. The Labute approximate surface area is 157 Å². The molecule has 0 radical (unpaired) electrons. The number of likely N-dealkylation sites (tertiary alicyclic amines) is 1. The second-order valence-electron chi connectivity index (χ2n) is 8.13. The van der Waals surface area contributed by atoms with Crippen molar-refractivity contribution in [2.75, 3.05) is 13.1 Å². The van der Waals surface area contributed by atoms with Gasteiger partial charge in [-0.2, -0.15) is 4.39 Å². The Bertz CT molecular complexity index is 694. The monoisotopic (exact) mass is 385 g/mol. The van der Waals surface area contributed by atoms with Crippen molar-refractivity contribution in [2.45, 2.75) is 53.4 Å². The highest BCUT2D eigenvalue weighted by atomic mass is 19.2. The topological polar surface area (TPSA) is 46.6 Å². The molecule has 1 fully saturated rings. The number of aryl methyl sites for hydroxylation is 1. The largest absolute Gasteiger partial charge is 0.420 e. The average molecular weight is 385 g/mol. The van der Waals surface area contributed by atoms with Gasteiger partial charge in [0.15, 0.2) is 11.6 Å². The predicted octanol–water partition coefficient (Wildman–Crippen LogP) is 4.38. The highest BCUT2D eigenvalue weighted by molar-refractivity contribution is 5.82. The van der Waals surface area contributed by atoms with Gasteiger partial charge in [-0.3, -0.25) is 9.59 Å². The van der Waals surface area contributed by atoms with Gasteiger partial charge in [0.25, 0.3) is 0 Å². The number of hydrogen-bond acceptors (Lipinski definition) is 3. The summed E-state index contributed by atoms with van der Waals surface area (Å²) in [7, 11) is 0. The Morgan fingerprint density at radius 3 is 2.26 bits per heavy atom. The SMILES string of the molecule is Cc1cc(F)c(F)c(OC(=O)CCC(=O)N2CCC(C(C)(C)C)CC2)c1F. The standard InChI is InChI=1S/C20H26F3NO3/c1-12-11-14(21)18(23)19(17(12)22)27-16(26)6-5-15(25)24-9-7-13(8-10-24)20(2,3)4/h11,13H,5-10H2,1-4H3. The molecule has 1 aliphatic rings. The van der Waals surface area contributed by atoms with Gasteiger partial charge in [-0.05, 0) is 42.7 Å². The minimum absolute atomic E-state index is 0.115. The molecule has 1 aromatic rings. The highest BCUT2D eigenvalue weighted by Gasteiger charge is 2.30. The lowest BCUT2D eigenvalue weighted by Crippen LogP contribution is -2.41. The highest BCUT2D eigenvalue weighted by Crippen LogP contribution is 2.34. The van der Waals surface area contributed by atoms with Crippen molar-refractivity contribution < 1.29 is 27.5 Å². The summed E-state index contributed by atoms with van der Waals surface area (Å²) in [6.45, 7) is 9.02. The van der Waals surface area contributed by atoms with Gasteiger partial charge in [0.2, 0.25) is 17.5 Å². The van der Waals surface area contributed by atoms with Crippen LogP contribution in [-0.2, 0) is 9.59 Å². The molecule has 0 unspecified atom stereocenters. The number of benzene rings is 1. The van der Waals surface area contributed by atoms with Crippen molar-refractivity contribution in [1.29, 1.82) is 0 Å². The van der Waals surface area contributed by atoms with E-state index in [9.17, 15) is 22.8 Å². The van der Waals surface area contributed by atoms with E-state index in [0.29, 0.717) is 25.1 Å². The first kappa shape index (κ1) is 21.3. The van der Waals surface area contributed by atoms with E-state index in [0.717, 1.165) is 12.8 Å². The molecule has 1 amide bonds. The van der Waals surface area contributed by atoms with Gasteiger partial charge in [0.1, 0.15) is 0 Å². The van der Waals surface area contributed by atoms with E-state index in [1.165, 1.54) is 6.92 Å². The summed E-state index contributed by atoms with van der Waals surface area (Å²) >= 11 is 0.